The molecule has 1 aliphatic heterocycles. The predicted molar refractivity (Wildman–Crippen MR) is 74.6 cm³/mol. The summed E-state index contributed by atoms with van der Waals surface area (Å²) in [6.07, 6.45) is 1.87. The number of hydrogen-bond acceptors (Lipinski definition) is 2. The van der Waals surface area contributed by atoms with Crippen LogP contribution in [0.4, 0.5) is 5.69 Å². The van der Waals surface area contributed by atoms with Gasteiger partial charge in [0.2, 0.25) is 0 Å². The van der Waals surface area contributed by atoms with E-state index in [1.165, 1.54) is 0 Å². The molecule has 0 radical (unpaired) electrons. The van der Waals surface area contributed by atoms with Gasteiger partial charge in [0.25, 0.3) is 5.56 Å². The van der Waals surface area contributed by atoms with Gasteiger partial charge < -0.3 is 15.8 Å². The molecule has 18 heavy (non-hydrogen) atoms. The van der Waals surface area contributed by atoms with E-state index >= 15 is 0 Å². The SMILES string of the molecule is O.O=c1[nH]c2cc(CCl)ccc2c2c1CCCN2. The lowest BCUT2D eigenvalue weighted by atomic mass is 10.0. The number of halogens is 1. The van der Waals surface area contributed by atoms with Crippen LogP contribution < -0.4 is 10.9 Å². The number of hydrogen-bond donors (Lipinski definition) is 2. The van der Waals surface area contributed by atoms with Crippen molar-refractivity contribution >= 4 is 28.2 Å². The van der Waals surface area contributed by atoms with Crippen molar-refractivity contribution < 1.29 is 5.48 Å². The Balaban J connectivity index is 0.00000120. The highest BCUT2D eigenvalue weighted by Crippen LogP contribution is 2.27. The molecule has 0 atom stereocenters. The second-order valence-electron chi connectivity index (χ2n) is 4.35. The zero-order valence-electron chi connectivity index (χ0n) is 9.85. The van der Waals surface area contributed by atoms with E-state index in [4.69, 9.17) is 11.6 Å². The van der Waals surface area contributed by atoms with E-state index in [0.717, 1.165) is 47.1 Å². The fraction of sp³-hybridized carbons (Fsp3) is 0.308. The second kappa shape index (κ2) is 5.00. The van der Waals surface area contributed by atoms with Gasteiger partial charge in [-0.3, -0.25) is 4.79 Å². The molecule has 0 aliphatic carbocycles. The number of fused-ring (bicyclic) bond motifs is 3. The monoisotopic (exact) mass is 266 g/mol. The van der Waals surface area contributed by atoms with Gasteiger partial charge >= 0.3 is 0 Å². The molecule has 0 unspecified atom stereocenters. The first-order valence-electron chi connectivity index (χ1n) is 5.77. The molecular weight excluding hydrogens is 252 g/mol. The number of aromatic nitrogens is 1. The first kappa shape index (κ1) is 12.9. The van der Waals surface area contributed by atoms with Gasteiger partial charge in [0.1, 0.15) is 0 Å². The summed E-state index contributed by atoms with van der Waals surface area (Å²) in [6.45, 7) is 0.933. The van der Waals surface area contributed by atoms with Gasteiger partial charge in [-0.15, -0.1) is 11.6 Å². The fourth-order valence-electron chi connectivity index (χ4n) is 2.39. The minimum Gasteiger partial charge on any atom is -0.412 e. The van der Waals surface area contributed by atoms with Crippen molar-refractivity contribution in [1.82, 2.24) is 4.98 Å². The molecule has 2 aromatic rings. The number of nitrogens with one attached hydrogen (secondary N) is 2. The number of alkyl halides is 1. The normalized spacial score (nSPS) is 13.6. The third-order valence-electron chi connectivity index (χ3n) is 3.24. The molecule has 1 aromatic carbocycles. The average molecular weight is 267 g/mol. The van der Waals surface area contributed by atoms with Crippen LogP contribution in [0.5, 0.6) is 0 Å². The van der Waals surface area contributed by atoms with Crippen molar-refractivity contribution in [2.45, 2.75) is 18.7 Å². The molecule has 0 fully saturated rings. The number of anilines is 1. The summed E-state index contributed by atoms with van der Waals surface area (Å²) in [5, 5.41) is 4.41. The number of aromatic amines is 1. The van der Waals surface area contributed by atoms with Crippen LogP contribution in [-0.4, -0.2) is 17.0 Å². The Hall–Kier alpha value is -1.52. The highest BCUT2D eigenvalue weighted by atomic mass is 35.5. The number of benzene rings is 1. The molecule has 5 heteroatoms. The first-order chi connectivity index (χ1) is 8.29. The maximum absolute atomic E-state index is 11.9. The Morgan fingerprint density at radius 2 is 2.17 bits per heavy atom. The molecule has 4 nitrogen and oxygen atoms in total. The Bertz CT molecular complexity index is 637. The molecule has 3 rings (SSSR count). The van der Waals surface area contributed by atoms with Gasteiger partial charge in [-0.25, -0.2) is 0 Å². The van der Waals surface area contributed by atoms with E-state index in [2.05, 4.69) is 10.3 Å². The predicted octanol–water partition coefficient (Wildman–Crippen LogP) is 1.80. The summed E-state index contributed by atoms with van der Waals surface area (Å²) in [6, 6.07) is 5.98. The first-order valence-corrected chi connectivity index (χ1v) is 6.30. The van der Waals surface area contributed by atoms with Crippen molar-refractivity contribution in [1.29, 1.82) is 0 Å². The Kier molecular flexibility index (Phi) is 3.59. The summed E-state index contributed by atoms with van der Waals surface area (Å²) >= 11 is 5.80. The van der Waals surface area contributed by atoms with E-state index in [0.29, 0.717) is 5.88 Å². The minimum absolute atomic E-state index is 0. The van der Waals surface area contributed by atoms with Crippen LogP contribution in [-0.2, 0) is 12.3 Å². The van der Waals surface area contributed by atoms with Gasteiger partial charge in [0, 0.05) is 23.4 Å². The molecule has 1 aromatic heterocycles. The standard InChI is InChI=1S/C13H13ClN2O.H2O/c14-7-8-3-4-9-11(6-8)16-13(17)10-2-1-5-15-12(9)10;/h3-4,6,15H,1-2,5,7H2,(H,16,17);1H2. The molecular formula is C13H15ClN2O2. The number of H-pyrrole nitrogens is 1. The molecule has 96 valence electrons. The Morgan fingerprint density at radius 3 is 2.94 bits per heavy atom. The van der Waals surface area contributed by atoms with Crippen molar-refractivity contribution in [2.75, 3.05) is 11.9 Å². The Labute approximate surface area is 109 Å². The van der Waals surface area contributed by atoms with E-state index in [1.54, 1.807) is 0 Å². The second-order valence-corrected chi connectivity index (χ2v) is 4.62. The summed E-state index contributed by atoms with van der Waals surface area (Å²) in [5.41, 5.74) is 3.77. The van der Waals surface area contributed by atoms with Gasteiger partial charge in [0.15, 0.2) is 0 Å². The lowest BCUT2D eigenvalue weighted by Crippen LogP contribution is -2.22. The maximum atomic E-state index is 11.9. The van der Waals surface area contributed by atoms with Gasteiger partial charge in [-0.1, -0.05) is 12.1 Å². The zero-order chi connectivity index (χ0) is 11.8. The van der Waals surface area contributed by atoms with Crippen LogP contribution >= 0.6 is 11.6 Å². The molecule has 1 aliphatic rings. The van der Waals surface area contributed by atoms with Crippen LogP contribution in [0, 0.1) is 0 Å². The quantitative estimate of drug-likeness (QED) is 0.772. The molecule has 4 N–H and O–H groups in total. The van der Waals surface area contributed by atoms with Crippen LogP contribution in [0.2, 0.25) is 0 Å². The highest BCUT2D eigenvalue weighted by Gasteiger charge is 2.15. The van der Waals surface area contributed by atoms with E-state index in [1.807, 2.05) is 18.2 Å². The molecule has 0 saturated heterocycles. The van der Waals surface area contributed by atoms with E-state index < -0.39 is 0 Å². The van der Waals surface area contributed by atoms with Crippen molar-refractivity contribution in [3.05, 3.63) is 39.7 Å². The van der Waals surface area contributed by atoms with Crippen LogP contribution in [0.1, 0.15) is 17.5 Å². The smallest absolute Gasteiger partial charge is 0.253 e. The summed E-state index contributed by atoms with van der Waals surface area (Å²) in [7, 11) is 0. The number of rotatable bonds is 1. The lowest BCUT2D eigenvalue weighted by molar-refractivity contribution is 0.820. The largest absolute Gasteiger partial charge is 0.412 e. The average Bonchev–Trinajstić information content (AvgIpc) is 2.38. The zero-order valence-corrected chi connectivity index (χ0v) is 10.6. The molecule has 0 amide bonds. The summed E-state index contributed by atoms with van der Waals surface area (Å²) in [4.78, 5) is 14.9. The Morgan fingerprint density at radius 1 is 1.33 bits per heavy atom. The van der Waals surface area contributed by atoms with E-state index in [-0.39, 0.29) is 11.0 Å². The maximum Gasteiger partial charge on any atom is 0.253 e. The summed E-state index contributed by atoms with van der Waals surface area (Å²) in [5.74, 6) is 0.461. The molecule has 0 bridgehead atoms. The topological polar surface area (TPSA) is 76.4 Å². The molecule has 2 heterocycles. The van der Waals surface area contributed by atoms with Crippen LogP contribution in [0.15, 0.2) is 23.0 Å². The highest BCUT2D eigenvalue weighted by molar-refractivity contribution is 6.17. The fourth-order valence-corrected chi connectivity index (χ4v) is 2.56. The minimum atomic E-state index is 0. The van der Waals surface area contributed by atoms with Crippen molar-refractivity contribution in [3.63, 3.8) is 0 Å². The van der Waals surface area contributed by atoms with Crippen LogP contribution in [0.25, 0.3) is 10.9 Å². The van der Waals surface area contributed by atoms with Gasteiger partial charge in [-0.05, 0) is 24.5 Å². The lowest BCUT2D eigenvalue weighted by Gasteiger charge is -2.19. The van der Waals surface area contributed by atoms with Crippen LogP contribution in [0.3, 0.4) is 0 Å². The summed E-state index contributed by atoms with van der Waals surface area (Å²) < 4.78 is 0. The third-order valence-corrected chi connectivity index (χ3v) is 3.55. The van der Waals surface area contributed by atoms with Crippen molar-refractivity contribution in [3.8, 4) is 0 Å². The van der Waals surface area contributed by atoms with Gasteiger partial charge in [0.05, 0.1) is 11.2 Å². The van der Waals surface area contributed by atoms with Gasteiger partial charge in [-0.2, -0.15) is 0 Å². The molecule has 0 saturated carbocycles. The van der Waals surface area contributed by atoms with Crippen molar-refractivity contribution in [2.24, 2.45) is 0 Å². The number of pyridine rings is 1. The molecule has 0 spiro atoms. The van der Waals surface area contributed by atoms with E-state index in [9.17, 15) is 4.79 Å². The third kappa shape index (κ3) is 1.98.